The molecule has 0 fully saturated rings. The molecule has 0 aromatic heterocycles. The molecular weight excluding hydrogens is 309 g/mol. The number of halogens is 2. The molecule has 1 atom stereocenters. The molecule has 1 unspecified atom stereocenters. The summed E-state index contributed by atoms with van der Waals surface area (Å²) in [6.45, 7) is 5.22. The first-order chi connectivity index (χ1) is 8.69. The first-order valence-corrected chi connectivity index (χ1v) is 8.04. The van der Waals surface area contributed by atoms with Crippen LogP contribution in [-0.2, 0) is 16.6 Å². The van der Waals surface area contributed by atoms with Crippen LogP contribution >= 0.6 is 23.2 Å². The van der Waals surface area contributed by atoms with E-state index in [1.807, 2.05) is 13.8 Å². The van der Waals surface area contributed by atoms with E-state index in [4.69, 9.17) is 28.3 Å². The van der Waals surface area contributed by atoms with Crippen LogP contribution in [-0.4, -0.2) is 19.6 Å². The molecule has 0 spiro atoms. The Morgan fingerprint density at radius 2 is 1.84 bits per heavy atom. The fourth-order valence-corrected chi connectivity index (χ4v) is 3.69. The Morgan fingerprint density at radius 1 is 1.26 bits per heavy atom. The lowest BCUT2D eigenvalue weighted by Crippen LogP contribution is -2.36. The fraction of sp³-hybridized carbons (Fsp3) is 0.500. The number of aliphatic hydroxyl groups excluding tert-OH is 1. The lowest BCUT2D eigenvalue weighted by Gasteiger charge is -2.18. The van der Waals surface area contributed by atoms with Crippen molar-refractivity contribution in [2.45, 2.75) is 38.3 Å². The van der Waals surface area contributed by atoms with Crippen LogP contribution in [0, 0.1) is 5.92 Å². The van der Waals surface area contributed by atoms with Gasteiger partial charge in [-0.2, -0.15) is 0 Å². The fourth-order valence-electron chi connectivity index (χ4n) is 1.37. The molecule has 4 nitrogen and oxygen atoms in total. The zero-order valence-corrected chi connectivity index (χ0v) is 13.3. The molecule has 1 aromatic rings. The van der Waals surface area contributed by atoms with Gasteiger partial charge in [0.15, 0.2) is 0 Å². The van der Waals surface area contributed by atoms with E-state index in [0.717, 1.165) is 0 Å². The van der Waals surface area contributed by atoms with E-state index in [-0.39, 0.29) is 39.1 Å². The molecule has 0 bridgehead atoms. The van der Waals surface area contributed by atoms with Gasteiger partial charge in [-0.3, -0.25) is 0 Å². The van der Waals surface area contributed by atoms with Gasteiger partial charge >= 0.3 is 0 Å². The van der Waals surface area contributed by atoms with Gasteiger partial charge in [0, 0.05) is 11.1 Å². The zero-order chi connectivity index (χ0) is 14.8. The van der Waals surface area contributed by atoms with Crippen molar-refractivity contribution in [3.05, 3.63) is 27.7 Å². The van der Waals surface area contributed by atoms with Crippen molar-refractivity contribution < 1.29 is 13.5 Å². The number of nitrogens with one attached hydrogen (secondary N) is 1. The van der Waals surface area contributed by atoms with Crippen LogP contribution in [0.15, 0.2) is 17.0 Å². The molecule has 7 heteroatoms. The van der Waals surface area contributed by atoms with Crippen LogP contribution in [0.4, 0.5) is 0 Å². The Hall–Kier alpha value is -0.330. The topological polar surface area (TPSA) is 66.4 Å². The highest BCUT2D eigenvalue weighted by Gasteiger charge is 2.23. The van der Waals surface area contributed by atoms with E-state index in [1.54, 1.807) is 6.92 Å². The molecule has 0 heterocycles. The Balaban J connectivity index is 3.25. The van der Waals surface area contributed by atoms with Crippen LogP contribution in [0.2, 0.25) is 10.0 Å². The standard InChI is InChI=1S/C12H17Cl2NO3S/c1-7(2)8(3)15-19(17,18)11-5-10(13)4-9(6-16)12(11)14/h4-5,7-8,15-16H,6H2,1-3H3. The molecule has 19 heavy (non-hydrogen) atoms. The van der Waals surface area contributed by atoms with Gasteiger partial charge < -0.3 is 5.11 Å². The van der Waals surface area contributed by atoms with Crippen LogP contribution in [0.25, 0.3) is 0 Å². The average molecular weight is 326 g/mol. The van der Waals surface area contributed by atoms with Crippen molar-refractivity contribution in [1.29, 1.82) is 0 Å². The summed E-state index contributed by atoms with van der Waals surface area (Å²) < 4.78 is 27.0. The van der Waals surface area contributed by atoms with Gasteiger partial charge in [-0.15, -0.1) is 0 Å². The number of sulfonamides is 1. The van der Waals surface area contributed by atoms with E-state index in [2.05, 4.69) is 4.72 Å². The summed E-state index contributed by atoms with van der Waals surface area (Å²) >= 11 is 11.8. The molecule has 0 aliphatic carbocycles. The minimum Gasteiger partial charge on any atom is -0.392 e. The molecule has 0 aliphatic heterocycles. The highest BCUT2D eigenvalue weighted by atomic mass is 35.5. The maximum absolute atomic E-state index is 12.3. The van der Waals surface area contributed by atoms with Crippen molar-refractivity contribution in [1.82, 2.24) is 4.72 Å². The largest absolute Gasteiger partial charge is 0.392 e. The normalized spacial score (nSPS) is 13.8. The first kappa shape index (κ1) is 16.7. The van der Waals surface area contributed by atoms with E-state index in [1.165, 1.54) is 12.1 Å². The van der Waals surface area contributed by atoms with Gasteiger partial charge in [0.2, 0.25) is 10.0 Å². The molecule has 0 aliphatic rings. The van der Waals surface area contributed by atoms with Crippen LogP contribution in [0.5, 0.6) is 0 Å². The Kier molecular flexibility index (Phi) is 5.65. The second-order valence-corrected chi connectivity index (χ2v) is 7.19. The van der Waals surface area contributed by atoms with Gasteiger partial charge in [0.05, 0.1) is 11.6 Å². The SMILES string of the molecule is CC(C)C(C)NS(=O)(=O)c1cc(Cl)cc(CO)c1Cl. The summed E-state index contributed by atoms with van der Waals surface area (Å²) in [6, 6.07) is 2.48. The summed E-state index contributed by atoms with van der Waals surface area (Å²) in [5.41, 5.74) is 0.284. The lowest BCUT2D eigenvalue weighted by molar-refractivity contribution is 0.281. The maximum atomic E-state index is 12.3. The summed E-state index contributed by atoms with van der Waals surface area (Å²) in [5, 5.41) is 9.35. The molecule has 108 valence electrons. The van der Waals surface area contributed by atoms with Crippen LogP contribution < -0.4 is 4.72 Å². The number of rotatable bonds is 5. The third-order valence-corrected chi connectivity index (χ3v) is 5.24. The Bertz CT molecular complexity index is 558. The molecule has 2 N–H and O–H groups in total. The molecule has 1 rings (SSSR count). The number of hydrogen-bond donors (Lipinski definition) is 2. The van der Waals surface area contributed by atoms with Crippen LogP contribution in [0.1, 0.15) is 26.3 Å². The van der Waals surface area contributed by atoms with Crippen molar-refractivity contribution in [3.8, 4) is 0 Å². The molecule has 0 radical (unpaired) electrons. The summed E-state index contributed by atoms with van der Waals surface area (Å²) in [7, 11) is -3.77. The summed E-state index contributed by atoms with van der Waals surface area (Å²) in [5.74, 6) is 0.144. The smallest absolute Gasteiger partial charge is 0.242 e. The van der Waals surface area contributed by atoms with E-state index in [0.29, 0.717) is 0 Å². The Labute approximate surface area is 123 Å². The molecule has 0 saturated heterocycles. The second kappa shape index (κ2) is 6.41. The van der Waals surface area contributed by atoms with Crippen molar-refractivity contribution in [2.24, 2.45) is 5.92 Å². The summed E-state index contributed by atoms with van der Waals surface area (Å²) in [4.78, 5) is -0.113. The van der Waals surface area contributed by atoms with E-state index < -0.39 is 10.0 Å². The maximum Gasteiger partial charge on any atom is 0.242 e. The highest BCUT2D eigenvalue weighted by Crippen LogP contribution is 2.29. The van der Waals surface area contributed by atoms with Crippen molar-refractivity contribution >= 4 is 33.2 Å². The Morgan fingerprint density at radius 3 is 2.32 bits per heavy atom. The monoisotopic (exact) mass is 325 g/mol. The van der Waals surface area contributed by atoms with Gasteiger partial charge in [-0.05, 0) is 30.5 Å². The average Bonchev–Trinajstić information content (AvgIpc) is 2.30. The number of hydrogen-bond acceptors (Lipinski definition) is 3. The minimum absolute atomic E-state index is 0.00430. The predicted octanol–water partition coefficient (Wildman–Crippen LogP) is 2.81. The third-order valence-electron chi connectivity index (χ3n) is 2.88. The second-order valence-electron chi connectivity index (χ2n) is 4.69. The quantitative estimate of drug-likeness (QED) is 0.874. The third kappa shape index (κ3) is 4.07. The summed E-state index contributed by atoms with van der Waals surface area (Å²) in [6.07, 6.45) is 0. The molecule has 0 saturated carbocycles. The van der Waals surface area contributed by atoms with Gasteiger partial charge in [0.25, 0.3) is 0 Å². The predicted molar refractivity (Wildman–Crippen MR) is 77.0 cm³/mol. The van der Waals surface area contributed by atoms with Crippen LogP contribution in [0.3, 0.4) is 0 Å². The molecule has 0 amide bonds. The first-order valence-electron chi connectivity index (χ1n) is 5.80. The van der Waals surface area contributed by atoms with Crippen molar-refractivity contribution in [3.63, 3.8) is 0 Å². The minimum atomic E-state index is -3.77. The number of aliphatic hydroxyl groups is 1. The highest BCUT2D eigenvalue weighted by molar-refractivity contribution is 7.89. The number of benzene rings is 1. The van der Waals surface area contributed by atoms with Gasteiger partial charge in [-0.25, -0.2) is 13.1 Å². The van der Waals surface area contributed by atoms with Gasteiger partial charge in [-0.1, -0.05) is 37.0 Å². The van der Waals surface area contributed by atoms with E-state index >= 15 is 0 Å². The molecule has 1 aromatic carbocycles. The molecular formula is C12H17Cl2NO3S. The lowest BCUT2D eigenvalue weighted by atomic mass is 10.1. The zero-order valence-electron chi connectivity index (χ0n) is 10.9. The van der Waals surface area contributed by atoms with E-state index in [9.17, 15) is 8.42 Å². The van der Waals surface area contributed by atoms with Crippen molar-refractivity contribution in [2.75, 3.05) is 0 Å². The van der Waals surface area contributed by atoms with Gasteiger partial charge in [0.1, 0.15) is 4.90 Å².